The van der Waals surface area contributed by atoms with Gasteiger partial charge in [0, 0.05) is 27.7 Å². The Kier molecular flexibility index (Phi) is 7.53. The molecule has 0 aliphatic carbocycles. The predicted octanol–water partition coefficient (Wildman–Crippen LogP) is 13.7. The molecule has 0 aliphatic rings. The van der Waals surface area contributed by atoms with Crippen LogP contribution in [-0.2, 0) is 0 Å². The van der Waals surface area contributed by atoms with Gasteiger partial charge in [-0.15, -0.1) is 0 Å². The summed E-state index contributed by atoms with van der Waals surface area (Å²) < 4.78 is 6.25. The smallest absolute Gasteiger partial charge is 0.136 e. The summed E-state index contributed by atoms with van der Waals surface area (Å²) in [5.41, 5.74) is 12.4. The molecular formula is C48H33NO. The van der Waals surface area contributed by atoms with E-state index in [0.717, 1.165) is 50.5 Å². The lowest BCUT2D eigenvalue weighted by Crippen LogP contribution is -2.10. The molecule has 0 aliphatic heterocycles. The summed E-state index contributed by atoms with van der Waals surface area (Å²) >= 11 is 0. The average molecular weight is 640 g/mol. The van der Waals surface area contributed by atoms with Gasteiger partial charge < -0.3 is 9.32 Å². The van der Waals surface area contributed by atoms with Crippen LogP contribution in [0, 0.1) is 0 Å². The van der Waals surface area contributed by atoms with E-state index in [1.54, 1.807) is 0 Å². The molecule has 236 valence electrons. The molecule has 0 unspecified atom stereocenters. The van der Waals surface area contributed by atoms with Crippen LogP contribution in [0.3, 0.4) is 0 Å². The normalized spacial score (nSPS) is 11.2. The molecule has 0 saturated heterocycles. The number of nitrogens with zero attached hydrogens (tertiary/aromatic N) is 1. The Labute approximate surface area is 292 Å². The Bertz CT molecular complexity index is 2530. The number of benzene rings is 8. The van der Waals surface area contributed by atoms with E-state index in [4.69, 9.17) is 4.42 Å². The first-order valence-electron chi connectivity index (χ1n) is 17.0. The Balaban J connectivity index is 1.05. The summed E-state index contributed by atoms with van der Waals surface area (Å²) in [6, 6.07) is 71.1. The highest BCUT2D eigenvalue weighted by atomic mass is 16.3. The Morgan fingerprint density at radius 1 is 0.340 bits per heavy atom. The number of fused-ring (bicyclic) bond motifs is 2. The summed E-state index contributed by atoms with van der Waals surface area (Å²) in [6.07, 6.45) is 0. The molecule has 0 bridgehead atoms. The quantitative estimate of drug-likeness (QED) is 0.173. The first-order chi connectivity index (χ1) is 24.8. The molecule has 2 nitrogen and oxygen atoms in total. The van der Waals surface area contributed by atoms with Gasteiger partial charge in [0.05, 0.1) is 5.69 Å². The highest BCUT2D eigenvalue weighted by molar-refractivity contribution is 5.99. The van der Waals surface area contributed by atoms with Crippen LogP contribution >= 0.6 is 0 Å². The van der Waals surface area contributed by atoms with Crippen molar-refractivity contribution in [1.82, 2.24) is 0 Å². The Hall–Kier alpha value is -6.64. The maximum Gasteiger partial charge on any atom is 0.136 e. The molecule has 2 heteroatoms. The maximum absolute atomic E-state index is 6.25. The molecule has 0 radical (unpaired) electrons. The minimum Gasteiger partial charge on any atom is -0.456 e. The van der Waals surface area contributed by atoms with Crippen molar-refractivity contribution < 1.29 is 4.42 Å². The molecule has 9 rings (SSSR count). The van der Waals surface area contributed by atoms with Gasteiger partial charge in [0.15, 0.2) is 0 Å². The lowest BCUT2D eigenvalue weighted by molar-refractivity contribution is 0.632. The zero-order valence-corrected chi connectivity index (χ0v) is 27.4. The van der Waals surface area contributed by atoms with Crippen LogP contribution in [0.25, 0.3) is 66.4 Å². The summed E-state index contributed by atoms with van der Waals surface area (Å²) in [5, 5.41) is 3.54. The highest BCUT2D eigenvalue weighted by Gasteiger charge is 2.16. The van der Waals surface area contributed by atoms with Crippen LogP contribution < -0.4 is 4.90 Å². The molecule has 0 N–H and O–H groups in total. The van der Waals surface area contributed by atoms with Crippen molar-refractivity contribution in [2.45, 2.75) is 0 Å². The Morgan fingerprint density at radius 3 is 1.52 bits per heavy atom. The van der Waals surface area contributed by atoms with E-state index in [-0.39, 0.29) is 0 Å². The maximum atomic E-state index is 6.25. The summed E-state index contributed by atoms with van der Waals surface area (Å²) in [6.45, 7) is 0. The van der Waals surface area contributed by atoms with E-state index in [0.29, 0.717) is 0 Å². The van der Waals surface area contributed by atoms with Crippen LogP contribution in [-0.4, -0.2) is 0 Å². The van der Waals surface area contributed by atoms with Crippen LogP contribution in [0.4, 0.5) is 17.1 Å². The van der Waals surface area contributed by atoms with Gasteiger partial charge in [0.2, 0.25) is 0 Å². The molecule has 0 spiro atoms. The number of anilines is 3. The Morgan fingerprint density at radius 2 is 0.840 bits per heavy atom. The summed E-state index contributed by atoms with van der Waals surface area (Å²) in [5.74, 6) is 0.881. The first kappa shape index (κ1) is 29.5. The van der Waals surface area contributed by atoms with E-state index >= 15 is 0 Å². The highest BCUT2D eigenvalue weighted by Crippen LogP contribution is 2.41. The van der Waals surface area contributed by atoms with Crippen molar-refractivity contribution in [3.63, 3.8) is 0 Å². The topological polar surface area (TPSA) is 16.4 Å². The van der Waals surface area contributed by atoms with Crippen molar-refractivity contribution in [3.05, 3.63) is 200 Å². The van der Waals surface area contributed by atoms with Crippen LogP contribution in [0.15, 0.2) is 205 Å². The van der Waals surface area contributed by atoms with Crippen LogP contribution in [0.2, 0.25) is 0 Å². The zero-order chi connectivity index (χ0) is 33.3. The molecule has 8 aromatic carbocycles. The van der Waals surface area contributed by atoms with Crippen LogP contribution in [0.5, 0.6) is 0 Å². The van der Waals surface area contributed by atoms with Gasteiger partial charge in [0.25, 0.3) is 0 Å². The number of hydrogen-bond donors (Lipinski definition) is 0. The molecular weight excluding hydrogens is 607 g/mol. The lowest BCUT2D eigenvalue weighted by atomic mass is 9.95. The van der Waals surface area contributed by atoms with Gasteiger partial charge in [-0.3, -0.25) is 0 Å². The first-order valence-corrected chi connectivity index (χ1v) is 17.0. The molecule has 0 amide bonds. The third kappa shape index (κ3) is 5.53. The van der Waals surface area contributed by atoms with Gasteiger partial charge in [-0.1, -0.05) is 158 Å². The van der Waals surface area contributed by atoms with Gasteiger partial charge >= 0.3 is 0 Å². The molecule has 1 heterocycles. The van der Waals surface area contributed by atoms with Gasteiger partial charge in [-0.25, -0.2) is 0 Å². The summed E-state index contributed by atoms with van der Waals surface area (Å²) in [4.78, 5) is 2.36. The van der Waals surface area contributed by atoms with E-state index in [9.17, 15) is 0 Å². The van der Waals surface area contributed by atoms with Gasteiger partial charge in [0.1, 0.15) is 11.3 Å². The molecule has 0 atom stereocenters. The third-order valence-corrected chi connectivity index (χ3v) is 9.51. The second kappa shape index (κ2) is 12.8. The van der Waals surface area contributed by atoms with Gasteiger partial charge in [-0.05, 0) is 81.2 Å². The lowest BCUT2D eigenvalue weighted by Gasteiger charge is -2.27. The number of furan rings is 1. The molecule has 0 fully saturated rings. The number of para-hydroxylation sites is 1. The third-order valence-electron chi connectivity index (χ3n) is 9.51. The number of hydrogen-bond acceptors (Lipinski definition) is 2. The molecule has 1 aromatic heterocycles. The number of rotatable bonds is 7. The van der Waals surface area contributed by atoms with Crippen molar-refractivity contribution >= 4 is 38.8 Å². The van der Waals surface area contributed by atoms with E-state index < -0.39 is 0 Å². The average Bonchev–Trinajstić information content (AvgIpc) is 3.64. The molecule has 9 aromatic rings. The minimum atomic E-state index is 0.881. The van der Waals surface area contributed by atoms with Crippen molar-refractivity contribution in [2.24, 2.45) is 0 Å². The standard InChI is InChI=1S/C48H33NO/c1-2-11-34(12-3-1)36-25-29-41(30-26-36)49(46-19-10-15-38-13-4-6-17-44(38)46)42-31-27-37(28-32-42)35-21-23-39(24-22-35)43-16-7-8-18-45(43)48-33-40-14-5-9-20-47(40)50-48/h1-33H. The second-order valence-corrected chi connectivity index (χ2v) is 12.6. The SMILES string of the molecule is c1ccc(-c2ccc(N(c3ccc(-c4ccc(-c5ccccc5-c5cc6ccccc6o5)cc4)cc3)c3cccc4ccccc34)cc2)cc1. The fourth-order valence-corrected chi connectivity index (χ4v) is 6.97. The van der Waals surface area contributed by atoms with E-state index in [1.165, 1.54) is 33.0 Å². The van der Waals surface area contributed by atoms with E-state index in [1.807, 2.05) is 18.2 Å². The summed E-state index contributed by atoms with van der Waals surface area (Å²) in [7, 11) is 0. The minimum absolute atomic E-state index is 0.881. The van der Waals surface area contributed by atoms with Crippen LogP contribution in [0.1, 0.15) is 0 Å². The zero-order valence-electron chi connectivity index (χ0n) is 27.4. The van der Waals surface area contributed by atoms with Gasteiger partial charge in [-0.2, -0.15) is 0 Å². The second-order valence-electron chi connectivity index (χ2n) is 12.6. The largest absolute Gasteiger partial charge is 0.456 e. The fraction of sp³-hybridized carbons (Fsp3) is 0. The predicted molar refractivity (Wildman–Crippen MR) is 210 cm³/mol. The van der Waals surface area contributed by atoms with Crippen molar-refractivity contribution in [2.75, 3.05) is 4.90 Å². The van der Waals surface area contributed by atoms with Crippen molar-refractivity contribution in [1.29, 1.82) is 0 Å². The van der Waals surface area contributed by atoms with Crippen molar-refractivity contribution in [3.8, 4) is 44.7 Å². The van der Waals surface area contributed by atoms with E-state index in [2.05, 4.69) is 187 Å². The molecule has 0 saturated carbocycles. The molecule has 50 heavy (non-hydrogen) atoms. The monoisotopic (exact) mass is 639 g/mol. The fourth-order valence-electron chi connectivity index (χ4n) is 6.97.